The average molecular weight is 610 g/mol. The lowest BCUT2D eigenvalue weighted by molar-refractivity contribution is -0.128. The molecule has 2 aromatic carbocycles. The summed E-state index contributed by atoms with van der Waals surface area (Å²) in [6.45, 7) is 9.44. The van der Waals surface area contributed by atoms with Crippen molar-refractivity contribution in [1.82, 2.24) is 5.32 Å². The highest BCUT2D eigenvalue weighted by Gasteiger charge is 2.34. The van der Waals surface area contributed by atoms with Gasteiger partial charge in [-0.1, -0.05) is 25.1 Å². The van der Waals surface area contributed by atoms with E-state index < -0.39 is 11.3 Å². The van der Waals surface area contributed by atoms with E-state index in [1.54, 1.807) is 28.1 Å². The molecule has 1 fully saturated rings. The number of nitrogens with one attached hydrogen (secondary N) is 1. The molecule has 4 atom stereocenters. The van der Waals surface area contributed by atoms with E-state index >= 15 is 0 Å². The number of amides is 2. The summed E-state index contributed by atoms with van der Waals surface area (Å²) in [7, 11) is 3.42. The van der Waals surface area contributed by atoms with E-state index in [-0.39, 0.29) is 30.4 Å². The molecule has 2 aromatic rings. The molecule has 1 aliphatic heterocycles. The topological polar surface area (TPSA) is 112 Å². The summed E-state index contributed by atoms with van der Waals surface area (Å²) in [6.07, 6.45) is 4.66. The number of fused-ring (bicyclic) bond motifs is 1. The van der Waals surface area contributed by atoms with E-state index in [0.29, 0.717) is 19.1 Å². The molecule has 9 heteroatoms. The molecule has 1 heterocycles. The van der Waals surface area contributed by atoms with Crippen LogP contribution in [0.25, 0.3) is 0 Å². The van der Waals surface area contributed by atoms with Crippen molar-refractivity contribution in [2.75, 3.05) is 52.0 Å². The molecule has 1 aliphatic carbocycles. The first-order valence-electron chi connectivity index (χ1n) is 15.9. The normalized spacial score (nSPS) is 20.8. The lowest BCUT2D eigenvalue weighted by Crippen LogP contribution is -2.44. The van der Waals surface area contributed by atoms with Gasteiger partial charge in [-0.3, -0.25) is 9.59 Å². The summed E-state index contributed by atoms with van der Waals surface area (Å²) in [4.78, 5) is 27.0. The van der Waals surface area contributed by atoms with E-state index in [1.807, 2.05) is 19.1 Å². The number of anilines is 1. The molecule has 242 valence electrons. The van der Waals surface area contributed by atoms with Crippen molar-refractivity contribution in [3.8, 4) is 11.5 Å². The minimum Gasteiger partial charge on any atom is -0.497 e. The van der Waals surface area contributed by atoms with Gasteiger partial charge in [0.1, 0.15) is 18.1 Å². The lowest BCUT2D eigenvalue weighted by Gasteiger charge is -2.37. The number of primary amides is 1. The number of carbonyl (C=O) groups excluding carboxylic acids is 2. The Morgan fingerprint density at radius 2 is 1.91 bits per heavy atom. The Morgan fingerprint density at radius 1 is 1.14 bits per heavy atom. The second kappa shape index (κ2) is 15.6. The predicted molar refractivity (Wildman–Crippen MR) is 172 cm³/mol. The molecule has 4 rings (SSSR count). The fourth-order valence-corrected chi connectivity index (χ4v) is 6.27. The van der Waals surface area contributed by atoms with Crippen molar-refractivity contribution in [2.24, 2.45) is 23.0 Å². The second-order valence-electron chi connectivity index (χ2n) is 13.0. The van der Waals surface area contributed by atoms with Gasteiger partial charge in [0.2, 0.25) is 11.8 Å². The third-order valence-corrected chi connectivity index (χ3v) is 9.17. The van der Waals surface area contributed by atoms with Crippen LogP contribution in [-0.2, 0) is 25.7 Å². The molecular weight excluding hydrogens is 558 g/mol. The van der Waals surface area contributed by atoms with Crippen molar-refractivity contribution in [1.29, 1.82) is 0 Å². The van der Waals surface area contributed by atoms with Crippen LogP contribution in [0.2, 0.25) is 0 Å². The van der Waals surface area contributed by atoms with E-state index in [1.165, 1.54) is 5.56 Å². The molecule has 0 radical (unpaired) electrons. The Bertz CT molecular complexity index is 1230. The summed E-state index contributed by atoms with van der Waals surface area (Å²) in [5, 5.41) is 2.94. The summed E-state index contributed by atoms with van der Waals surface area (Å²) in [5.74, 6) is 1.71. The quantitative estimate of drug-likeness (QED) is 0.272. The fraction of sp³-hybridized carbons (Fsp3) is 0.600. The number of hydrogen-bond donors (Lipinski definition) is 2. The number of hydrogen-bond acceptors (Lipinski definition) is 7. The third-order valence-electron chi connectivity index (χ3n) is 9.17. The monoisotopic (exact) mass is 609 g/mol. The van der Waals surface area contributed by atoms with Gasteiger partial charge in [0.05, 0.1) is 37.5 Å². The van der Waals surface area contributed by atoms with Gasteiger partial charge in [-0.2, -0.15) is 0 Å². The molecule has 9 nitrogen and oxygen atoms in total. The summed E-state index contributed by atoms with van der Waals surface area (Å²) in [5.41, 5.74) is 8.18. The van der Waals surface area contributed by atoms with E-state index in [0.717, 1.165) is 74.6 Å². The Labute approximate surface area is 262 Å². The number of rotatable bonds is 15. The van der Waals surface area contributed by atoms with Crippen LogP contribution >= 0.6 is 0 Å². The van der Waals surface area contributed by atoms with Crippen LogP contribution in [0.3, 0.4) is 0 Å². The van der Waals surface area contributed by atoms with Gasteiger partial charge in [-0.25, -0.2) is 0 Å². The maximum atomic E-state index is 12.9. The zero-order valence-electron chi connectivity index (χ0n) is 27.1. The first kappa shape index (κ1) is 33.6. The van der Waals surface area contributed by atoms with Gasteiger partial charge in [-0.05, 0) is 87.3 Å². The minimum absolute atomic E-state index is 0.0358. The van der Waals surface area contributed by atoms with Crippen molar-refractivity contribution in [2.45, 2.75) is 71.5 Å². The number of carbonyl (C=O) groups is 2. The number of ether oxygens (including phenoxy) is 4. The molecule has 1 saturated carbocycles. The van der Waals surface area contributed by atoms with Crippen molar-refractivity contribution in [3.63, 3.8) is 0 Å². The molecule has 2 amide bonds. The number of benzene rings is 2. The van der Waals surface area contributed by atoms with Gasteiger partial charge in [0.25, 0.3) is 0 Å². The number of nitrogens with two attached hydrogens (primary N) is 1. The summed E-state index contributed by atoms with van der Waals surface area (Å²) < 4.78 is 23.3. The molecule has 0 saturated heterocycles. The zero-order chi connectivity index (χ0) is 31.7. The van der Waals surface area contributed by atoms with Crippen LogP contribution in [0.5, 0.6) is 11.5 Å². The molecule has 44 heavy (non-hydrogen) atoms. The Morgan fingerprint density at radius 3 is 2.61 bits per heavy atom. The van der Waals surface area contributed by atoms with Gasteiger partial charge in [0, 0.05) is 38.6 Å². The Hall–Kier alpha value is -3.30. The Kier molecular flexibility index (Phi) is 11.9. The molecule has 3 N–H and O–H groups in total. The highest BCUT2D eigenvalue weighted by Crippen LogP contribution is 2.42. The van der Waals surface area contributed by atoms with Crippen molar-refractivity contribution in [3.05, 3.63) is 53.6 Å². The van der Waals surface area contributed by atoms with Gasteiger partial charge >= 0.3 is 0 Å². The fourth-order valence-electron chi connectivity index (χ4n) is 6.27. The standard InChI is InChI=1S/C35H51N3O6/c1-24(33(39)37-23-35(2,3)34(36)40)19-25-7-13-31(29(20-25)27-9-11-28(42-5)12-10-27)44-22-26-8-14-32-30(21-26)38(16-18-43-32)15-6-17-41-4/h8-12,14,21,24-25,29,31H,6-7,13,15-20,22-23H2,1-5H3,(H2,36,40)(H,37,39)/t24-,25-,29+,31-/m0/s1. The first-order chi connectivity index (χ1) is 21.1. The highest BCUT2D eigenvalue weighted by molar-refractivity contribution is 5.82. The van der Waals surface area contributed by atoms with Crippen molar-refractivity contribution >= 4 is 17.5 Å². The smallest absolute Gasteiger partial charge is 0.224 e. The van der Waals surface area contributed by atoms with Crippen LogP contribution in [0.1, 0.15) is 69.9 Å². The first-order valence-corrected chi connectivity index (χ1v) is 15.9. The van der Waals surface area contributed by atoms with Crippen LogP contribution in [0.15, 0.2) is 42.5 Å². The maximum absolute atomic E-state index is 12.9. The molecule has 2 aliphatic rings. The van der Waals surface area contributed by atoms with Crippen LogP contribution in [0, 0.1) is 17.3 Å². The SMILES string of the molecule is COCCCN1CCOc2ccc(CO[C@H]3CC[C@@H](C[C@H](C)C(=O)NCC(C)(C)C(N)=O)C[C@@H]3c3ccc(OC)cc3)cc21. The van der Waals surface area contributed by atoms with E-state index in [2.05, 4.69) is 40.5 Å². The summed E-state index contributed by atoms with van der Waals surface area (Å²) in [6, 6.07) is 14.7. The molecule has 0 spiro atoms. The second-order valence-corrected chi connectivity index (χ2v) is 13.0. The van der Waals surface area contributed by atoms with Gasteiger partial charge in [0.15, 0.2) is 0 Å². The molecular formula is C35H51N3O6. The third kappa shape index (κ3) is 8.88. The summed E-state index contributed by atoms with van der Waals surface area (Å²) >= 11 is 0. The van der Waals surface area contributed by atoms with Crippen LogP contribution < -0.4 is 25.4 Å². The molecule has 0 bridgehead atoms. The van der Waals surface area contributed by atoms with Crippen molar-refractivity contribution < 1.29 is 28.5 Å². The predicted octanol–water partition coefficient (Wildman–Crippen LogP) is 5.05. The number of nitrogens with zero attached hydrogens (tertiary/aromatic N) is 1. The highest BCUT2D eigenvalue weighted by atomic mass is 16.5. The maximum Gasteiger partial charge on any atom is 0.224 e. The minimum atomic E-state index is -0.780. The molecule has 0 unspecified atom stereocenters. The van der Waals surface area contributed by atoms with E-state index in [4.69, 9.17) is 24.7 Å². The van der Waals surface area contributed by atoms with Gasteiger partial charge < -0.3 is 34.9 Å². The molecule has 0 aromatic heterocycles. The Balaban J connectivity index is 1.41. The largest absolute Gasteiger partial charge is 0.497 e. The number of methoxy groups -OCH3 is 2. The van der Waals surface area contributed by atoms with Crippen LogP contribution in [-0.4, -0.2) is 65.0 Å². The lowest BCUT2D eigenvalue weighted by atomic mass is 9.73. The van der Waals surface area contributed by atoms with Gasteiger partial charge in [-0.15, -0.1) is 0 Å². The zero-order valence-corrected chi connectivity index (χ0v) is 27.1. The van der Waals surface area contributed by atoms with E-state index in [9.17, 15) is 9.59 Å². The average Bonchev–Trinajstić information content (AvgIpc) is 3.03. The van der Waals surface area contributed by atoms with Crippen LogP contribution in [0.4, 0.5) is 5.69 Å².